The summed E-state index contributed by atoms with van der Waals surface area (Å²) in [5, 5.41) is 36.9. The van der Waals surface area contributed by atoms with Gasteiger partial charge in [0.05, 0.1) is 17.9 Å². The molecule has 0 saturated carbocycles. The molecule has 9 N–H and O–H groups in total. The highest BCUT2D eigenvalue weighted by atomic mass is 35.5. The van der Waals surface area contributed by atoms with Crippen LogP contribution in [0.5, 0.6) is 5.75 Å². The molecule has 220 valence electrons. The predicted octanol–water partition coefficient (Wildman–Crippen LogP) is 1.10. The number of nitrogens with zero attached hydrogens (tertiary/aromatic N) is 5. The number of nitrogens with two attached hydrogens (primary N) is 2. The van der Waals surface area contributed by atoms with Gasteiger partial charge < -0.3 is 47.2 Å². The molecule has 2 aromatic carbocycles. The number of benzene rings is 2. The molecule has 2 saturated heterocycles. The van der Waals surface area contributed by atoms with Crippen molar-refractivity contribution in [2.75, 3.05) is 46.6 Å². The Bertz CT molecular complexity index is 1300. The topological polar surface area (TPSA) is 199 Å². The number of phenols is 1. The van der Waals surface area contributed by atoms with Gasteiger partial charge in [-0.25, -0.2) is 0 Å². The van der Waals surface area contributed by atoms with Gasteiger partial charge in [-0.15, -0.1) is 12.4 Å². The molecule has 3 heterocycles. The highest BCUT2D eigenvalue weighted by Gasteiger charge is 2.29. The number of aromatic nitrogens is 3. The number of carbonyl (C=O) groups excluding carboxylic acids is 1. The van der Waals surface area contributed by atoms with E-state index in [-0.39, 0.29) is 73.2 Å². The summed E-state index contributed by atoms with van der Waals surface area (Å²) in [6.07, 6.45) is -0.481. The number of hydrogen-bond acceptors (Lipinski definition) is 12. The van der Waals surface area contributed by atoms with Crippen LogP contribution in [0.15, 0.2) is 42.5 Å². The maximum Gasteiger partial charge on any atom is 0.255 e. The van der Waals surface area contributed by atoms with Crippen LogP contribution in [0.2, 0.25) is 0 Å². The largest absolute Gasteiger partial charge is 0.506 e. The van der Waals surface area contributed by atoms with Crippen molar-refractivity contribution in [3.63, 3.8) is 0 Å². The molecule has 0 bridgehead atoms. The fourth-order valence-electron chi connectivity index (χ4n) is 4.99. The number of carbonyl (C=O) groups is 1. The van der Waals surface area contributed by atoms with Gasteiger partial charge in [-0.05, 0) is 37.6 Å². The second kappa shape index (κ2) is 12.8. The van der Waals surface area contributed by atoms with Crippen molar-refractivity contribution in [3.05, 3.63) is 53.6 Å². The van der Waals surface area contributed by atoms with E-state index >= 15 is 0 Å². The average molecular weight is 586 g/mol. The normalized spacial score (nSPS) is 22.6. The third kappa shape index (κ3) is 7.51. The third-order valence-corrected chi connectivity index (χ3v) is 6.92. The zero-order valence-corrected chi connectivity index (χ0v) is 23.5. The minimum Gasteiger partial charge on any atom is -0.506 e. The number of nitrogens with one attached hydrogen (secondary N) is 2. The van der Waals surface area contributed by atoms with Crippen molar-refractivity contribution in [2.45, 2.75) is 44.1 Å². The number of rotatable bonds is 6. The molecule has 13 nitrogen and oxygen atoms in total. The van der Waals surface area contributed by atoms with Crippen molar-refractivity contribution in [2.24, 2.45) is 11.5 Å². The summed E-state index contributed by atoms with van der Waals surface area (Å²) in [5.41, 5.74) is 14.6. The lowest BCUT2D eigenvalue weighted by Gasteiger charge is -2.36. The van der Waals surface area contributed by atoms with E-state index in [0.29, 0.717) is 36.7 Å². The minimum atomic E-state index is -0.725. The molecule has 4 atom stereocenters. The number of aryl methyl sites for hydroxylation is 1. The molecule has 0 aliphatic carbocycles. The zero-order chi connectivity index (χ0) is 28.4. The first-order chi connectivity index (χ1) is 19.1. The molecule has 1 amide bonds. The number of anilines is 5. The maximum atomic E-state index is 12.6. The van der Waals surface area contributed by atoms with E-state index in [9.17, 15) is 20.1 Å². The van der Waals surface area contributed by atoms with E-state index in [4.69, 9.17) is 11.5 Å². The molecular formula is C27H36ClN9O4. The molecule has 14 heteroatoms. The molecule has 3 aromatic rings. The molecule has 5 rings (SSSR count). The first-order valence-electron chi connectivity index (χ1n) is 13.2. The predicted molar refractivity (Wildman–Crippen MR) is 159 cm³/mol. The van der Waals surface area contributed by atoms with E-state index in [1.54, 1.807) is 29.2 Å². The van der Waals surface area contributed by atoms with Crippen LogP contribution in [0.25, 0.3) is 0 Å². The van der Waals surface area contributed by atoms with Gasteiger partial charge in [-0.2, -0.15) is 15.0 Å². The van der Waals surface area contributed by atoms with Gasteiger partial charge in [0.15, 0.2) is 0 Å². The second-order valence-electron chi connectivity index (χ2n) is 10.5. The van der Waals surface area contributed by atoms with Gasteiger partial charge in [0.2, 0.25) is 17.8 Å². The van der Waals surface area contributed by atoms with Crippen LogP contribution in [0.4, 0.5) is 29.2 Å². The molecule has 2 fully saturated rings. The Labute approximate surface area is 244 Å². The number of amides is 1. The van der Waals surface area contributed by atoms with E-state index in [1.165, 1.54) is 6.07 Å². The van der Waals surface area contributed by atoms with Gasteiger partial charge in [0.1, 0.15) is 5.75 Å². The van der Waals surface area contributed by atoms with Crippen LogP contribution >= 0.6 is 12.4 Å². The van der Waals surface area contributed by atoms with Crippen LogP contribution in [-0.4, -0.2) is 86.6 Å². The lowest BCUT2D eigenvalue weighted by atomic mass is 10.0. The number of hydrogen-bond donors (Lipinski definition) is 7. The SMILES string of the molecule is Cc1ccc(C(=O)Nc2ccc(Nc3nc(N4C[C@H](N)C[C@H](N)C4)nc(N4C[C@H](O)C[C@H](O)C4)n3)cc2O)cc1.Cl. The molecule has 1 aromatic heterocycles. The smallest absolute Gasteiger partial charge is 0.255 e. The highest BCUT2D eigenvalue weighted by molar-refractivity contribution is 6.05. The molecule has 0 spiro atoms. The summed E-state index contributed by atoms with van der Waals surface area (Å²) in [5.74, 6) is 0.350. The molecule has 41 heavy (non-hydrogen) atoms. The Morgan fingerprint density at radius 2 is 1.46 bits per heavy atom. The van der Waals surface area contributed by atoms with Gasteiger partial charge in [-0.1, -0.05) is 17.7 Å². The van der Waals surface area contributed by atoms with Crippen LogP contribution in [0.1, 0.15) is 28.8 Å². The van der Waals surface area contributed by atoms with Gasteiger partial charge in [0, 0.05) is 62.0 Å². The lowest BCUT2D eigenvalue weighted by Crippen LogP contribution is -2.53. The van der Waals surface area contributed by atoms with Crippen molar-refractivity contribution < 1.29 is 20.1 Å². The van der Waals surface area contributed by atoms with Gasteiger partial charge in [0.25, 0.3) is 5.91 Å². The number of phenolic OH excluding ortho intramolecular Hbond substituents is 1. The summed E-state index contributed by atoms with van der Waals surface area (Å²) in [6.45, 7) is 3.48. The Hall–Kier alpha value is -3.75. The van der Waals surface area contributed by atoms with E-state index in [0.717, 1.165) is 5.56 Å². The summed E-state index contributed by atoms with van der Waals surface area (Å²) in [6, 6.07) is 11.5. The fourth-order valence-corrected chi connectivity index (χ4v) is 4.99. The maximum absolute atomic E-state index is 12.6. The Balaban J connectivity index is 0.00000387. The van der Waals surface area contributed by atoms with Crippen molar-refractivity contribution in [1.82, 2.24) is 15.0 Å². The Morgan fingerprint density at radius 3 is 2.05 bits per heavy atom. The number of aliphatic hydroxyl groups is 2. The number of β-amino-alcohol motifs (C(OH)–C–C–N with tert-alkyl or cyclic N) is 2. The van der Waals surface area contributed by atoms with Gasteiger partial charge >= 0.3 is 0 Å². The summed E-state index contributed by atoms with van der Waals surface area (Å²) in [7, 11) is 0. The summed E-state index contributed by atoms with van der Waals surface area (Å²) >= 11 is 0. The lowest BCUT2D eigenvalue weighted by molar-refractivity contribution is 0.0645. The molecule has 0 radical (unpaired) electrons. The highest BCUT2D eigenvalue weighted by Crippen LogP contribution is 2.30. The standard InChI is InChI=1S/C27H35N9O4.ClH/c1-15-2-4-16(5-3-15)24(40)31-22-7-6-19(9-23(22)39)30-25-32-26(35-11-17(28)8-18(29)12-35)34-27(33-25)36-13-20(37)10-21(38)14-36;/h2-7,9,17-18,20-21,37-39H,8,10-14,28-29H2,1H3,(H,31,40)(H,30,32,33,34);1H/t17-,18+,20-,21+;. The number of aromatic hydroxyl groups is 1. The summed E-state index contributed by atoms with van der Waals surface area (Å²) in [4.78, 5) is 29.9. The summed E-state index contributed by atoms with van der Waals surface area (Å²) < 4.78 is 0. The van der Waals surface area contributed by atoms with Crippen LogP contribution in [0.3, 0.4) is 0 Å². The van der Waals surface area contributed by atoms with Crippen LogP contribution < -0.4 is 31.9 Å². The minimum absolute atomic E-state index is 0. The molecule has 2 aliphatic heterocycles. The molecule has 0 unspecified atom stereocenters. The first-order valence-corrected chi connectivity index (χ1v) is 13.2. The van der Waals surface area contributed by atoms with E-state index in [2.05, 4.69) is 25.6 Å². The molecule has 2 aliphatic rings. The number of aliphatic hydroxyl groups excluding tert-OH is 2. The van der Waals surface area contributed by atoms with Crippen molar-refractivity contribution in [1.29, 1.82) is 0 Å². The monoisotopic (exact) mass is 585 g/mol. The second-order valence-corrected chi connectivity index (χ2v) is 10.5. The fraction of sp³-hybridized carbons (Fsp3) is 0.407. The van der Waals surface area contributed by atoms with E-state index in [1.807, 2.05) is 24.0 Å². The Kier molecular flexibility index (Phi) is 9.46. The Morgan fingerprint density at radius 1 is 0.878 bits per heavy atom. The van der Waals surface area contributed by atoms with E-state index < -0.39 is 12.2 Å². The van der Waals surface area contributed by atoms with Crippen LogP contribution in [0, 0.1) is 6.92 Å². The quantitative estimate of drug-likeness (QED) is 0.203. The number of piperidine rings is 2. The average Bonchev–Trinajstić information content (AvgIpc) is 2.89. The van der Waals surface area contributed by atoms with Crippen molar-refractivity contribution in [3.8, 4) is 5.75 Å². The van der Waals surface area contributed by atoms with Gasteiger partial charge in [-0.3, -0.25) is 4.79 Å². The third-order valence-electron chi connectivity index (χ3n) is 6.92. The first kappa shape index (κ1) is 30.2. The van der Waals surface area contributed by atoms with Crippen LogP contribution in [-0.2, 0) is 0 Å². The zero-order valence-electron chi connectivity index (χ0n) is 22.6. The number of halogens is 1. The van der Waals surface area contributed by atoms with Crippen molar-refractivity contribution >= 4 is 47.5 Å². The molecular weight excluding hydrogens is 550 g/mol.